The number of hydrogen-bond donors (Lipinski definition) is 0. The highest BCUT2D eigenvalue weighted by Crippen LogP contribution is 2.43. The molecule has 2 aromatic heterocycles. The van der Waals surface area contributed by atoms with Gasteiger partial charge in [0.25, 0.3) is 0 Å². The first kappa shape index (κ1) is 16.0. The fourth-order valence-corrected chi connectivity index (χ4v) is 4.27. The monoisotopic (exact) mass is 339 g/mol. The van der Waals surface area contributed by atoms with Crippen LogP contribution in [0.4, 0.5) is 8.63 Å². The molecule has 2 aromatic rings. The molecule has 0 fully saturated rings. The molecule has 0 aromatic carbocycles. The third-order valence-corrected chi connectivity index (χ3v) is 5.12. The molecule has 0 amide bonds. The smallest absolute Gasteiger partial charge is 0.393 e. The summed E-state index contributed by atoms with van der Waals surface area (Å²) in [6.45, 7) is 5.30. The van der Waals surface area contributed by atoms with Gasteiger partial charge in [0, 0.05) is 36.2 Å². The topological polar surface area (TPSA) is 20.8 Å². The van der Waals surface area contributed by atoms with E-state index in [2.05, 4.69) is 4.98 Å². The Morgan fingerprint density at radius 2 is 1.80 bits per heavy atom. The number of hydrogen-bond acceptors (Lipinski definition) is 1. The van der Waals surface area contributed by atoms with Crippen LogP contribution < -0.4 is 0 Å². The maximum atomic E-state index is 15.5. The average molecular weight is 339 g/mol. The van der Waals surface area contributed by atoms with Crippen LogP contribution in [0.3, 0.4) is 0 Å². The molecule has 3 nitrogen and oxygen atoms in total. The Morgan fingerprint density at radius 3 is 2.48 bits per heavy atom. The molecule has 0 aliphatic carbocycles. The maximum absolute atomic E-state index is 15.5. The third-order valence-electron chi connectivity index (χ3n) is 5.12. The molecule has 4 rings (SSSR count). The zero-order valence-electron chi connectivity index (χ0n) is 15.1. The average Bonchev–Trinajstić information content (AvgIpc) is 2.97. The molecule has 0 unspecified atom stereocenters. The Balaban J connectivity index is 2.19. The van der Waals surface area contributed by atoms with Crippen LogP contribution in [0.1, 0.15) is 42.1 Å². The molecule has 128 valence electrons. The summed E-state index contributed by atoms with van der Waals surface area (Å²) < 4.78 is 33.4. The fourth-order valence-electron chi connectivity index (χ4n) is 4.27. The zero-order valence-corrected chi connectivity index (χ0v) is 15.1. The molecule has 0 spiro atoms. The highest BCUT2D eigenvalue weighted by molar-refractivity contribution is 6.58. The Hall–Kier alpha value is -2.50. The van der Waals surface area contributed by atoms with Gasteiger partial charge in [-0.2, -0.15) is 0 Å². The van der Waals surface area contributed by atoms with Crippen molar-refractivity contribution in [1.82, 2.24) is 9.46 Å². The summed E-state index contributed by atoms with van der Waals surface area (Å²) in [6.07, 6.45) is 3.58. The minimum absolute atomic E-state index is 0.581. The Kier molecular flexibility index (Phi) is 3.20. The van der Waals surface area contributed by atoms with Gasteiger partial charge in [-0.3, -0.25) is 4.98 Å². The summed E-state index contributed by atoms with van der Waals surface area (Å²) in [5.74, 6) is 0. The number of pyridine rings is 1. The van der Waals surface area contributed by atoms with E-state index in [1.54, 1.807) is 20.0 Å². The number of allylic oxidation sites excluding steroid dienone is 2. The van der Waals surface area contributed by atoms with Crippen LogP contribution in [0, 0.1) is 20.8 Å². The van der Waals surface area contributed by atoms with Crippen LogP contribution in [0.5, 0.6) is 0 Å². The first-order valence-electron chi connectivity index (χ1n) is 8.43. The number of nitrogens with zero attached hydrogens (tertiary/aromatic N) is 3. The van der Waals surface area contributed by atoms with Gasteiger partial charge in [-0.15, -0.1) is 0 Å². The predicted octanol–water partition coefficient (Wildman–Crippen LogP) is 4.24. The normalized spacial score (nSPS) is 18.4. The van der Waals surface area contributed by atoms with E-state index in [4.69, 9.17) is 0 Å². The highest BCUT2D eigenvalue weighted by atomic mass is 19.2. The van der Waals surface area contributed by atoms with Crippen molar-refractivity contribution in [1.29, 1.82) is 0 Å². The van der Waals surface area contributed by atoms with Gasteiger partial charge < -0.3 is 17.6 Å². The molecular formula is C19H20BF2N3. The Morgan fingerprint density at radius 1 is 1.08 bits per heavy atom. The predicted molar refractivity (Wildman–Crippen MR) is 97.0 cm³/mol. The zero-order chi connectivity index (χ0) is 18.1. The van der Waals surface area contributed by atoms with Gasteiger partial charge in [0.05, 0.1) is 5.57 Å². The van der Waals surface area contributed by atoms with Crippen molar-refractivity contribution in [2.24, 2.45) is 0 Å². The minimum atomic E-state index is -3.91. The van der Waals surface area contributed by atoms with Crippen LogP contribution in [0.15, 0.2) is 41.7 Å². The molecule has 4 heterocycles. The second kappa shape index (κ2) is 5.00. The first-order valence-corrected chi connectivity index (χ1v) is 8.43. The second-order valence-electron chi connectivity index (χ2n) is 7.02. The SMILES string of the molecule is CC1=CC(C)=[N+]2C1=C(c1ccnc(C)c1)c1c(C)cc(C)n1[B-]2(F)F. The van der Waals surface area contributed by atoms with Gasteiger partial charge in [0.1, 0.15) is 5.71 Å². The molecule has 2 aliphatic rings. The minimum Gasteiger partial charge on any atom is -0.393 e. The quantitative estimate of drug-likeness (QED) is 0.712. The van der Waals surface area contributed by atoms with E-state index in [1.807, 2.05) is 45.0 Å². The van der Waals surface area contributed by atoms with Crippen molar-refractivity contribution in [3.63, 3.8) is 0 Å². The summed E-state index contributed by atoms with van der Waals surface area (Å²) in [4.78, 5) is 4.26. The van der Waals surface area contributed by atoms with Crippen molar-refractivity contribution >= 4 is 18.3 Å². The summed E-state index contributed by atoms with van der Waals surface area (Å²) in [6, 6.07) is 5.71. The van der Waals surface area contributed by atoms with E-state index in [-0.39, 0.29) is 0 Å². The number of rotatable bonds is 1. The molecular weight excluding hydrogens is 319 g/mol. The van der Waals surface area contributed by atoms with Gasteiger partial charge in [-0.05, 0) is 62.7 Å². The van der Waals surface area contributed by atoms with E-state index < -0.39 is 6.97 Å². The van der Waals surface area contributed by atoms with Crippen LogP contribution >= 0.6 is 0 Å². The molecule has 6 heteroatoms. The molecule has 0 saturated carbocycles. The van der Waals surface area contributed by atoms with E-state index in [9.17, 15) is 0 Å². The number of aromatic nitrogens is 2. The van der Waals surface area contributed by atoms with Crippen LogP contribution in [0.2, 0.25) is 0 Å². The first-order chi connectivity index (χ1) is 11.7. The van der Waals surface area contributed by atoms with E-state index in [0.717, 1.165) is 28.0 Å². The summed E-state index contributed by atoms with van der Waals surface area (Å²) >= 11 is 0. The lowest BCUT2D eigenvalue weighted by Gasteiger charge is -2.34. The number of fused-ring (bicyclic) bond motifs is 2. The van der Waals surface area contributed by atoms with Crippen molar-refractivity contribution in [3.8, 4) is 0 Å². The lowest BCUT2D eigenvalue weighted by atomic mass is 9.84. The van der Waals surface area contributed by atoms with Crippen LogP contribution in [0.25, 0.3) is 5.57 Å². The van der Waals surface area contributed by atoms with Gasteiger partial charge in [-0.1, -0.05) is 0 Å². The van der Waals surface area contributed by atoms with E-state index >= 15 is 8.63 Å². The van der Waals surface area contributed by atoms with Crippen molar-refractivity contribution < 1.29 is 13.1 Å². The molecule has 0 atom stereocenters. The molecule has 25 heavy (non-hydrogen) atoms. The summed E-state index contributed by atoms with van der Waals surface area (Å²) in [5.41, 5.74) is 6.77. The van der Waals surface area contributed by atoms with Crippen LogP contribution in [-0.4, -0.2) is 26.6 Å². The third kappa shape index (κ3) is 2.03. The van der Waals surface area contributed by atoms with E-state index in [1.165, 1.54) is 8.96 Å². The largest absolute Gasteiger partial charge is 0.737 e. The van der Waals surface area contributed by atoms with Crippen molar-refractivity contribution in [2.75, 3.05) is 0 Å². The molecule has 0 N–H and O–H groups in total. The Labute approximate surface area is 146 Å². The standard InChI is InChI=1S/C19H20BF2N3/c1-11-8-14(4)24-18(11)17(16-6-7-23-13(3)10-16)19-12(2)9-15(5)25(19)20(24,21)22/h6-10H,1-5H3. The molecule has 2 aliphatic heterocycles. The molecule has 0 saturated heterocycles. The van der Waals surface area contributed by atoms with Crippen molar-refractivity contribution in [3.05, 3.63) is 70.0 Å². The lowest BCUT2D eigenvalue weighted by molar-refractivity contribution is -0.363. The van der Waals surface area contributed by atoms with Crippen LogP contribution in [-0.2, 0) is 0 Å². The fraction of sp³-hybridized carbons (Fsp3) is 0.263. The van der Waals surface area contributed by atoms with Gasteiger partial charge in [0.2, 0.25) is 0 Å². The maximum Gasteiger partial charge on any atom is 0.737 e. The Bertz CT molecular complexity index is 1030. The molecule has 0 bridgehead atoms. The van der Waals surface area contributed by atoms with Gasteiger partial charge >= 0.3 is 6.97 Å². The van der Waals surface area contributed by atoms with Gasteiger partial charge in [0.15, 0.2) is 5.70 Å². The second-order valence-corrected chi connectivity index (χ2v) is 7.02. The summed E-state index contributed by atoms with van der Waals surface area (Å²) in [5, 5.41) is 0. The molecule has 0 radical (unpaired) electrons. The van der Waals surface area contributed by atoms with Crippen molar-refractivity contribution in [2.45, 2.75) is 34.6 Å². The highest BCUT2D eigenvalue weighted by Gasteiger charge is 2.55. The lowest BCUT2D eigenvalue weighted by Crippen LogP contribution is -2.51. The number of aryl methyl sites for hydroxylation is 3. The summed E-state index contributed by atoms with van der Waals surface area (Å²) in [7, 11) is 0. The number of halogens is 2. The van der Waals surface area contributed by atoms with Gasteiger partial charge in [-0.25, -0.2) is 0 Å². The van der Waals surface area contributed by atoms with E-state index in [0.29, 0.717) is 22.8 Å².